The summed E-state index contributed by atoms with van der Waals surface area (Å²) in [6, 6.07) is 10.7. The van der Waals surface area contributed by atoms with Crippen molar-refractivity contribution in [2.24, 2.45) is 5.73 Å². The number of carbonyl (C=O) groups excluding carboxylic acids is 1. The average Bonchev–Trinajstić information content (AvgIpc) is 3.31. The van der Waals surface area contributed by atoms with Crippen molar-refractivity contribution in [3.63, 3.8) is 0 Å². The molecule has 0 saturated heterocycles. The minimum absolute atomic E-state index is 0.0406. The highest BCUT2D eigenvalue weighted by atomic mass is 32.1. The maximum absolute atomic E-state index is 12.5. The lowest BCUT2D eigenvalue weighted by molar-refractivity contribution is 0.0932. The number of benzene rings is 1. The van der Waals surface area contributed by atoms with Gasteiger partial charge in [0, 0.05) is 29.9 Å². The Bertz CT molecular complexity index is 710. The average molecular weight is 373 g/mol. The van der Waals surface area contributed by atoms with Gasteiger partial charge in [-0.2, -0.15) is 0 Å². The molecule has 1 atom stereocenters. The maximum atomic E-state index is 12.5. The van der Waals surface area contributed by atoms with Gasteiger partial charge in [-0.05, 0) is 31.9 Å². The van der Waals surface area contributed by atoms with Gasteiger partial charge in [-0.3, -0.25) is 4.79 Å². The Morgan fingerprint density at radius 2 is 2.04 bits per heavy atom. The van der Waals surface area contributed by atoms with Crippen molar-refractivity contribution in [1.29, 1.82) is 0 Å². The topological polar surface area (TPSA) is 80.0 Å². The molecule has 1 amide bonds. The molecule has 1 aliphatic carbocycles. The first-order valence-electron chi connectivity index (χ1n) is 9.37. The summed E-state index contributed by atoms with van der Waals surface area (Å²) in [7, 11) is 0. The number of nitrogens with one attached hydrogen (secondary N) is 2. The fourth-order valence-electron chi connectivity index (χ4n) is 3.70. The number of carbonyl (C=O) groups is 1. The highest BCUT2D eigenvalue weighted by Crippen LogP contribution is 2.32. The molecular weight excluding hydrogens is 344 g/mol. The lowest BCUT2D eigenvalue weighted by Crippen LogP contribution is -2.52. The van der Waals surface area contributed by atoms with E-state index in [1.165, 1.54) is 29.7 Å². The number of thiazole rings is 1. The van der Waals surface area contributed by atoms with E-state index < -0.39 is 0 Å². The summed E-state index contributed by atoms with van der Waals surface area (Å²) in [5.74, 6) is -0.0926. The van der Waals surface area contributed by atoms with E-state index in [1.807, 2.05) is 11.4 Å². The second-order valence-electron chi connectivity index (χ2n) is 7.11. The first-order chi connectivity index (χ1) is 12.6. The molecule has 1 heterocycles. The fourth-order valence-corrected chi connectivity index (χ4v) is 4.50. The first kappa shape index (κ1) is 19.0. The molecule has 1 aromatic carbocycles. The second kappa shape index (κ2) is 8.75. The Balaban J connectivity index is 1.61. The predicted octanol–water partition coefficient (Wildman–Crippen LogP) is 3.04. The van der Waals surface area contributed by atoms with Gasteiger partial charge in [-0.25, -0.2) is 4.98 Å². The summed E-state index contributed by atoms with van der Waals surface area (Å²) in [5, 5.41) is 9.64. The Morgan fingerprint density at radius 1 is 1.31 bits per heavy atom. The monoisotopic (exact) mass is 372 g/mol. The zero-order chi connectivity index (χ0) is 18.4. The van der Waals surface area contributed by atoms with Gasteiger partial charge in [0.25, 0.3) is 5.91 Å². The molecule has 0 spiro atoms. The minimum Gasteiger partial charge on any atom is -0.349 e. The summed E-state index contributed by atoms with van der Waals surface area (Å²) in [4.78, 5) is 16.9. The van der Waals surface area contributed by atoms with Crippen LogP contribution in [0.3, 0.4) is 0 Å². The number of nitrogens with two attached hydrogens (primary N) is 1. The molecule has 0 aliphatic heterocycles. The Morgan fingerprint density at radius 3 is 2.73 bits per heavy atom. The van der Waals surface area contributed by atoms with Gasteiger partial charge >= 0.3 is 0 Å². The maximum Gasteiger partial charge on any atom is 0.270 e. The van der Waals surface area contributed by atoms with Crippen molar-refractivity contribution in [1.82, 2.24) is 15.6 Å². The van der Waals surface area contributed by atoms with Crippen LogP contribution in [0.5, 0.6) is 0 Å². The van der Waals surface area contributed by atoms with Crippen LogP contribution in [-0.4, -0.2) is 29.5 Å². The minimum atomic E-state index is -0.0926. The Labute approximate surface area is 159 Å². The number of rotatable bonds is 8. The van der Waals surface area contributed by atoms with Gasteiger partial charge in [0.2, 0.25) is 0 Å². The molecule has 1 aliphatic rings. The van der Waals surface area contributed by atoms with Crippen LogP contribution in [0.4, 0.5) is 0 Å². The van der Waals surface area contributed by atoms with Gasteiger partial charge in [0.15, 0.2) is 0 Å². The Hall–Kier alpha value is -1.76. The highest BCUT2D eigenvalue weighted by Gasteiger charge is 2.35. The molecule has 0 radical (unpaired) electrons. The summed E-state index contributed by atoms with van der Waals surface area (Å²) >= 11 is 1.50. The van der Waals surface area contributed by atoms with Crippen molar-refractivity contribution in [3.8, 4) is 0 Å². The van der Waals surface area contributed by atoms with Crippen molar-refractivity contribution in [3.05, 3.63) is 52.0 Å². The van der Waals surface area contributed by atoms with Crippen LogP contribution in [-0.2, 0) is 6.42 Å². The van der Waals surface area contributed by atoms with Crippen molar-refractivity contribution in [2.45, 2.75) is 50.6 Å². The third-order valence-corrected chi connectivity index (χ3v) is 6.02. The lowest BCUT2D eigenvalue weighted by atomic mass is 9.94. The molecule has 1 unspecified atom stereocenters. The van der Waals surface area contributed by atoms with Crippen LogP contribution in [0, 0.1) is 0 Å². The van der Waals surface area contributed by atoms with Crippen molar-refractivity contribution in [2.75, 3.05) is 13.1 Å². The molecule has 4 N–H and O–H groups in total. The fraction of sp³-hybridized carbons (Fsp3) is 0.500. The van der Waals surface area contributed by atoms with Gasteiger partial charge in [-0.15, -0.1) is 11.3 Å². The molecular formula is C20H28N4OS. The van der Waals surface area contributed by atoms with Gasteiger partial charge in [0.05, 0.1) is 5.01 Å². The highest BCUT2D eigenvalue weighted by molar-refractivity contribution is 7.09. The van der Waals surface area contributed by atoms with Gasteiger partial charge in [-0.1, -0.05) is 43.2 Å². The van der Waals surface area contributed by atoms with Crippen molar-refractivity contribution < 1.29 is 4.79 Å². The van der Waals surface area contributed by atoms with Gasteiger partial charge < -0.3 is 16.4 Å². The number of nitrogens with zero attached hydrogens (tertiary/aromatic N) is 1. The van der Waals surface area contributed by atoms with Crippen LogP contribution < -0.4 is 16.4 Å². The number of hydrogen-bond acceptors (Lipinski definition) is 5. The summed E-state index contributed by atoms with van der Waals surface area (Å²) in [6.45, 7) is 3.38. The van der Waals surface area contributed by atoms with Crippen LogP contribution in [0.15, 0.2) is 35.7 Å². The van der Waals surface area contributed by atoms with E-state index in [0.717, 1.165) is 24.3 Å². The SMILES string of the molecule is CC(NC1(CNC(=O)c2csc(CCN)n2)CCCC1)c1ccccc1. The van der Waals surface area contributed by atoms with E-state index in [1.54, 1.807) is 0 Å². The molecule has 26 heavy (non-hydrogen) atoms. The van der Waals surface area contributed by atoms with Crippen LogP contribution in [0.2, 0.25) is 0 Å². The molecule has 0 bridgehead atoms. The molecule has 2 aromatic rings. The summed E-state index contributed by atoms with van der Waals surface area (Å²) < 4.78 is 0. The van der Waals surface area contributed by atoms with E-state index in [4.69, 9.17) is 5.73 Å². The third kappa shape index (κ3) is 4.69. The second-order valence-corrected chi connectivity index (χ2v) is 8.05. The molecule has 5 nitrogen and oxygen atoms in total. The predicted molar refractivity (Wildman–Crippen MR) is 106 cm³/mol. The van der Waals surface area contributed by atoms with E-state index in [2.05, 4.69) is 46.8 Å². The largest absolute Gasteiger partial charge is 0.349 e. The number of hydrogen-bond donors (Lipinski definition) is 3. The molecule has 1 saturated carbocycles. The third-order valence-electron chi connectivity index (χ3n) is 5.11. The van der Waals surface area contributed by atoms with E-state index in [-0.39, 0.29) is 17.5 Å². The molecule has 6 heteroatoms. The Kier molecular flexibility index (Phi) is 6.40. The van der Waals surface area contributed by atoms with Crippen LogP contribution >= 0.6 is 11.3 Å². The smallest absolute Gasteiger partial charge is 0.270 e. The zero-order valence-electron chi connectivity index (χ0n) is 15.3. The summed E-state index contributed by atoms with van der Waals surface area (Å²) in [6.07, 6.45) is 5.28. The van der Waals surface area contributed by atoms with Crippen LogP contribution in [0.25, 0.3) is 0 Å². The zero-order valence-corrected chi connectivity index (χ0v) is 16.1. The van der Waals surface area contributed by atoms with Crippen LogP contribution in [0.1, 0.15) is 59.7 Å². The molecule has 140 valence electrons. The lowest BCUT2D eigenvalue weighted by Gasteiger charge is -2.34. The van der Waals surface area contributed by atoms with Crippen molar-refractivity contribution >= 4 is 17.2 Å². The molecule has 3 rings (SSSR count). The number of amides is 1. The molecule has 1 fully saturated rings. The normalized spacial score (nSPS) is 17.2. The quantitative estimate of drug-likeness (QED) is 0.665. The van der Waals surface area contributed by atoms with E-state index >= 15 is 0 Å². The molecule has 1 aromatic heterocycles. The van der Waals surface area contributed by atoms with Gasteiger partial charge in [0.1, 0.15) is 5.69 Å². The summed E-state index contributed by atoms with van der Waals surface area (Å²) in [5.41, 5.74) is 7.29. The number of aromatic nitrogens is 1. The van der Waals surface area contributed by atoms with E-state index in [0.29, 0.717) is 18.8 Å². The van der Waals surface area contributed by atoms with E-state index in [9.17, 15) is 4.79 Å². The first-order valence-corrected chi connectivity index (χ1v) is 10.3. The standard InChI is InChI=1S/C20H28N4OS/c1-15(16-7-3-2-4-8-16)24-20(10-5-6-11-20)14-22-19(25)17-13-26-18(23-17)9-12-21/h2-4,7-8,13,15,24H,5-6,9-12,14,21H2,1H3,(H,22,25).